The highest BCUT2D eigenvalue weighted by molar-refractivity contribution is 8.18. The Morgan fingerprint density at radius 1 is 1.19 bits per heavy atom. The number of anilines is 1. The highest BCUT2D eigenvalue weighted by atomic mass is 35.5. The van der Waals surface area contributed by atoms with Crippen molar-refractivity contribution in [1.82, 2.24) is 4.90 Å². The predicted octanol–water partition coefficient (Wildman–Crippen LogP) is 4.89. The van der Waals surface area contributed by atoms with Crippen LogP contribution in [0.5, 0.6) is 0 Å². The summed E-state index contributed by atoms with van der Waals surface area (Å²) in [6.45, 7) is 3.57. The second-order valence-electron chi connectivity index (χ2n) is 7.00. The zero-order valence-corrected chi connectivity index (χ0v) is 19.1. The molecule has 0 atom stereocenters. The van der Waals surface area contributed by atoms with E-state index in [9.17, 15) is 19.2 Å². The van der Waals surface area contributed by atoms with Gasteiger partial charge < -0.3 is 10.1 Å². The van der Waals surface area contributed by atoms with Crippen LogP contribution in [0.3, 0.4) is 0 Å². The summed E-state index contributed by atoms with van der Waals surface area (Å²) in [5, 5.41) is 2.25. The van der Waals surface area contributed by atoms with Gasteiger partial charge in [-0.15, -0.1) is 0 Å². The summed E-state index contributed by atoms with van der Waals surface area (Å²) in [6, 6.07) is 11.8. The first-order chi connectivity index (χ1) is 15.3. The van der Waals surface area contributed by atoms with E-state index in [-0.39, 0.29) is 22.1 Å². The third-order valence-electron chi connectivity index (χ3n) is 4.56. The fourth-order valence-corrected chi connectivity index (χ4v) is 3.93. The molecule has 0 spiro atoms. The van der Waals surface area contributed by atoms with Crippen LogP contribution in [-0.2, 0) is 14.3 Å². The molecule has 1 heterocycles. The molecule has 0 aliphatic carbocycles. The average Bonchev–Trinajstić information content (AvgIpc) is 3.02. The molecule has 1 fully saturated rings. The molecule has 0 radical (unpaired) electrons. The zero-order valence-electron chi connectivity index (χ0n) is 17.5. The number of halogens is 1. The van der Waals surface area contributed by atoms with Crippen molar-refractivity contribution < 1.29 is 23.9 Å². The zero-order chi connectivity index (χ0) is 23.3. The molecule has 32 heavy (non-hydrogen) atoms. The van der Waals surface area contributed by atoms with Crippen molar-refractivity contribution in [2.24, 2.45) is 0 Å². The topological polar surface area (TPSA) is 92.8 Å². The van der Waals surface area contributed by atoms with Crippen LogP contribution in [0.1, 0.15) is 34.8 Å². The lowest BCUT2D eigenvalue weighted by Gasteiger charge is -2.13. The number of thioether (sulfide) groups is 1. The monoisotopic (exact) mass is 472 g/mol. The van der Waals surface area contributed by atoms with E-state index in [4.69, 9.17) is 16.3 Å². The van der Waals surface area contributed by atoms with Crippen LogP contribution in [0.4, 0.5) is 10.5 Å². The van der Waals surface area contributed by atoms with Crippen LogP contribution in [0.2, 0.25) is 5.02 Å². The summed E-state index contributed by atoms with van der Waals surface area (Å²) >= 11 is 6.85. The number of carbonyl (C=O) groups excluding carboxylic acids is 4. The highest BCUT2D eigenvalue weighted by Gasteiger charge is 2.36. The molecule has 9 heteroatoms. The van der Waals surface area contributed by atoms with E-state index >= 15 is 0 Å². The van der Waals surface area contributed by atoms with Gasteiger partial charge in [0.2, 0.25) is 5.91 Å². The second kappa shape index (κ2) is 10.5. The number of rotatable bonds is 7. The summed E-state index contributed by atoms with van der Waals surface area (Å²) in [5.74, 6) is -1.71. The van der Waals surface area contributed by atoms with Gasteiger partial charge in [-0.3, -0.25) is 19.3 Å². The Hall–Kier alpha value is -3.10. The summed E-state index contributed by atoms with van der Waals surface area (Å²) in [4.78, 5) is 50.7. The average molecular weight is 473 g/mol. The van der Waals surface area contributed by atoms with Gasteiger partial charge in [-0.05, 0) is 60.5 Å². The number of hydrogen-bond acceptors (Lipinski definition) is 6. The Balaban J connectivity index is 1.69. The van der Waals surface area contributed by atoms with Crippen molar-refractivity contribution in [2.45, 2.75) is 20.3 Å². The summed E-state index contributed by atoms with van der Waals surface area (Å²) in [5.41, 5.74) is 2.20. The van der Waals surface area contributed by atoms with Crippen LogP contribution in [0, 0.1) is 6.92 Å². The molecule has 3 amide bonds. The molecule has 166 valence electrons. The summed E-state index contributed by atoms with van der Waals surface area (Å²) < 4.78 is 5.08. The highest BCUT2D eigenvalue weighted by Crippen LogP contribution is 2.32. The first-order valence-electron chi connectivity index (χ1n) is 9.87. The maximum atomic E-state index is 12.7. The summed E-state index contributed by atoms with van der Waals surface area (Å²) in [6.07, 6.45) is 2.31. The molecule has 2 aromatic carbocycles. The molecular weight excluding hydrogens is 452 g/mol. The SMILES string of the molecule is CCCOC(=O)c1cc(NC(=O)CN2C(=O)S/C(=C/c3ccccc3C)C2=O)ccc1Cl. The van der Waals surface area contributed by atoms with Gasteiger partial charge in [0, 0.05) is 5.69 Å². The number of nitrogens with zero attached hydrogens (tertiary/aromatic N) is 1. The van der Waals surface area contributed by atoms with E-state index in [1.807, 2.05) is 38.1 Å². The third-order valence-corrected chi connectivity index (χ3v) is 5.79. The quantitative estimate of drug-likeness (QED) is 0.455. The number of ether oxygens (including phenoxy) is 1. The van der Waals surface area contributed by atoms with Gasteiger partial charge in [-0.1, -0.05) is 42.8 Å². The lowest BCUT2D eigenvalue weighted by atomic mass is 10.1. The van der Waals surface area contributed by atoms with Gasteiger partial charge in [0.05, 0.1) is 22.1 Å². The minimum atomic E-state index is -0.597. The largest absolute Gasteiger partial charge is 0.462 e. The van der Waals surface area contributed by atoms with Crippen LogP contribution >= 0.6 is 23.4 Å². The normalized spacial score (nSPS) is 14.7. The lowest BCUT2D eigenvalue weighted by molar-refractivity contribution is -0.127. The van der Waals surface area contributed by atoms with E-state index in [1.54, 1.807) is 6.08 Å². The molecule has 0 bridgehead atoms. The van der Waals surface area contributed by atoms with Crippen molar-refractivity contribution >= 4 is 58.1 Å². The van der Waals surface area contributed by atoms with Gasteiger partial charge in [0.15, 0.2) is 0 Å². The van der Waals surface area contributed by atoms with Gasteiger partial charge >= 0.3 is 5.97 Å². The molecule has 0 unspecified atom stereocenters. The Bertz CT molecular complexity index is 1120. The van der Waals surface area contributed by atoms with E-state index < -0.39 is 29.6 Å². The van der Waals surface area contributed by atoms with Gasteiger partial charge in [0.25, 0.3) is 11.1 Å². The van der Waals surface area contributed by atoms with Crippen molar-refractivity contribution in [3.8, 4) is 0 Å². The fourth-order valence-electron chi connectivity index (χ4n) is 2.90. The molecule has 1 aliphatic rings. The van der Waals surface area contributed by atoms with Crippen molar-refractivity contribution in [2.75, 3.05) is 18.5 Å². The number of aryl methyl sites for hydroxylation is 1. The van der Waals surface area contributed by atoms with E-state index in [2.05, 4.69) is 5.32 Å². The lowest BCUT2D eigenvalue weighted by Crippen LogP contribution is -2.36. The minimum Gasteiger partial charge on any atom is -0.462 e. The van der Waals surface area contributed by atoms with Crippen LogP contribution in [0.15, 0.2) is 47.4 Å². The van der Waals surface area contributed by atoms with Crippen LogP contribution in [-0.4, -0.2) is 41.1 Å². The molecule has 2 aromatic rings. The van der Waals surface area contributed by atoms with Crippen molar-refractivity contribution in [3.63, 3.8) is 0 Å². The minimum absolute atomic E-state index is 0.116. The first kappa shape index (κ1) is 23.6. The van der Waals surface area contributed by atoms with E-state index in [0.29, 0.717) is 12.1 Å². The number of hydrogen-bond donors (Lipinski definition) is 1. The Morgan fingerprint density at radius 3 is 2.66 bits per heavy atom. The standard InChI is InChI=1S/C23H21ClN2O5S/c1-3-10-31-22(29)17-12-16(8-9-18(17)24)25-20(27)13-26-21(28)19(32-23(26)30)11-15-7-5-4-6-14(15)2/h4-9,11-12H,3,10,13H2,1-2H3,(H,25,27)/b19-11+. The molecule has 1 aliphatic heterocycles. The number of esters is 1. The molecule has 1 N–H and O–H groups in total. The second-order valence-corrected chi connectivity index (χ2v) is 8.40. The maximum Gasteiger partial charge on any atom is 0.339 e. The van der Waals surface area contributed by atoms with E-state index in [1.165, 1.54) is 18.2 Å². The number of carbonyl (C=O) groups is 4. The third kappa shape index (κ3) is 5.57. The maximum absolute atomic E-state index is 12.7. The number of benzene rings is 2. The van der Waals surface area contributed by atoms with Crippen molar-refractivity contribution in [1.29, 1.82) is 0 Å². The first-order valence-corrected chi connectivity index (χ1v) is 11.1. The number of nitrogens with one attached hydrogen (secondary N) is 1. The van der Waals surface area contributed by atoms with Gasteiger partial charge in [0.1, 0.15) is 6.54 Å². The molecule has 0 saturated carbocycles. The Morgan fingerprint density at radius 2 is 1.94 bits per heavy atom. The number of amides is 3. The van der Waals surface area contributed by atoms with Gasteiger partial charge in [-0.2, -0.15) is 0 Å². The molecule has 3 rings (SSSR count). The molecule has 1 saturated heterocycles. The van der Waals surface area contributed by atoms with Crippen LogP contribution < -0.4 is 5.32 Å². The molecule has 0 aromatic heterocycles. The molecular formula is C23H21ClN2O5S. The van der Waals surface area contributed by atoms with Crippen molar-refractivity contribution in [3.05, 3.63) is 69.1 Å². The smallest absolute Gasteiger partial charge is 0.339 e. The predicted molar refractivity (Wildman–Crippen MR) is 125 cm³/mol. The summed E-state index contributed by atoms with van der Waals surface area (Å²) in [7, 11) is 0. The van der Waals surface area contributed by atoms with Crippen LogP contribution in [0.25, 0.3) is 6.08 Å². The fraction of sp³-hybridized carbons (Fsp3) is 0.217. The Labute approximate surface area is 194 Å². The molecule has 7 nitrogen and oxygen atoms in total. The number of imide groups is 1. The van der Waals surface area contributed by atoms with Gasteiger partial charge in [-0.25, -0.2) is 4.79 Å². The van der Waals surface area contributed by atoms with E-state index in [0.717, 1.165) is 27.8 Å². The Kier molecular flexibility index (Phi) is 7.71.